The summed E-state index contributed by atoms with van der Waals surface area (Å²) < 4.78 is 11.5. The molecular weight excluding hydrogens is 266 g/mol. The molecule has 5 nitrogen and oxygen atoms in total. The minimum atomic E-state index is -0.356. The van der Waals surface area contributed by atoms with Crippen LogP contribution in [0.5, 0.6) is 0 Å². The van der Waals surface area contributed by atoms with E-state index in [1.54, 1.807) is 0 Å². The highest BCUT2D eigenvalue weighted by molar-refractivity contribution is 5.04. The first-order valence-corrected chi connectivity index (χ1v) is 8.19. The Kier molecular flexibility index (Phi) is 5.38. The lowest BCUT2D eigenvalue weighted by Crippen LogP contribution is -2.35. The largest absolute Gasteiger partial charge is 0.367 e. The van der Waals surface area contributed by atoms with Crippen LogP contribution in [0.2, 0.25) is 0 Å². The standard InChI is InChI=1S/C16H29N3O2/c1-5-20-16(8-6-12(4)7-9-16)15-18-14(21-19-15)10-13(17)11(2)3/h11-13H,5-10,17H2,1-4H3. The van der Waals surface area contributed by atoms with Gasteiger partial charge in [0.05, 0.1) is 0 Å². The average molecular weight is 295 g/mol. The Morgan fingerprint density at radius 1 is 1.38 bits per heavy atom. The molecule has 1 heterocycles. The fraction of sp³-hybridized carbons (Fsp3) is 0.875. The summed E-state index contributed by atoms with van der Waals surface area (Å²) in [6, 6.07) is 0.0488. The Labute approximate surface area is 127 Å². The highest BCUT2D eigenvalue weighted by atomic mass is 16.5. The van der Waals surface area contributed by atoms with Crippen LogP contribution >= 0.6 is 0 Å². The maximum absolute atomic E-state index is 6.09. The molecule has 1 aliphatic rings. The van der Waals surface area contributed by atoms with Gasteiger partial charge in [-0.2, -0.15) is 4.98 Å². The Balaban J connectivity index is 2.13. The maximum atomic E-state index is 6.09. The van der Waals surface area contributed by atoms with Crippen LogP contribution in [0.15, 0.2) is 4.52 Å². The van der Waals surface area contributed by atoms with Crippen LogP contribution in [0.4, 0.5) is 0 Å². The lowest BCUT2D eigenvalue weighted by molar-refractivity contribution is -0.0847. The quantitative estimate of drug-likeness (QED) is 0.873. The van der Waals surface area contributed by atoms with Gasteiger partial charge in [-0.3, -0.25) is 0 Å². The average Bonchev–Trinajstić information content (AvgIpc) is 2.91. The first-order valence-electron chi connectivity index (χ1n) is 8.19. The van der Waals surface area contributed by atoms with Crippen molar-refractivity contribution in [2.75, 3.05) is 6.61 Å². The first kappa shape index (κ1) is 16.4. The van der Waals surface area contributed by atoms with Crippen LogP contribution in [0.3, 0.4) is 0 Å². The normalized spacial score (nSPS) is 28.0. The Morgan fingerprint density at radius 3 is 2.62 bits per heavy atom. The predicted molar refractivity (Wildman–Crippen MR) is 81.8 cm³/mol. The summed E-state index contributed by atoms with van der Waals surface area (Å²) >= 11 is 0. The molecule has 1 unspecified atom stereocenters. The van der Waals surface area contributed by atoms with E-state index in [0.29, 0.717) is 30.7 Å². The van der Waals surface area contributed by atoms with Crippen LogP contribution in [-0.4, -0.2) is 22.8 Å². The number of nitrogens with zero attached hydrogens (tertiary/aromatic N) is 2. The van der Waals surface area contributed by atoms with Crippen molar-refractivity contribution < 1.29 is 9.26 Å². The Bertz CT molecular complexity index is 436. The van der Waals surface area contributed by atoms with Crippen molar-refractivity contribution >= 4 is 0 Å². The third kappa shape index (κ3) is 3.83. The number of aromatic nitrogens is 2. The van der Waals surface area contributed by atoms with Gasteiger partial charge in [-0.15, -0.1) is 0 Å². The summed E-state index contributed by atoms with van der Waals surface area (Å²) in [7, 11) is 0. The summed E-state index contributed by atoms with van der Waals surface area (Å²) in [5, 5.41) is 4.20. The molecule has 1 atom stereocenters. The van der Waals surface area contributed by atoms with Gasteiger partial charge in [0, 0.05) is 19.1 Å². The summed E-state index contributed by atoms with van der Waals surface area (Å²) in [5.41, 5.74) is 5.73. The molecule has 0 amide bonds. The lowest BCUT2D eigenvalue weighted by atomic mass is 9.79. The monoisotopic (exact) mass is 295 g/mol. The molecule has 0 saturated heterocycles. The van der Waals surface area contributed by atoms with E-state index in [0.717, 1.165) is 31.6 Å². The highest BCUT2D eigenvalue weighted by Crippen LogP contribution is 2.41. The van der Waals surface area contributed by atoms with E-state index in [9.17, 15) is 0 Å². The molecule has 2 rings (SSSR count). The van der Waals surface area contributed by atoms with Crippen molar-refractivity contribution in [3.05, 3.63) is 11.7 Å². The van der Waals surface area contributed by atoms with E-state index >= 15 is 0 Å². The molecule has 1 fully saturated rings. The SMILES string of the molecule is CCOC1(c2noc(CC(N)C(C)C)n2)CCC(C)CC1. The van der Waals surface area contributed by atoms with E-state index in [1.165, 1.54) is 0 Å². The van der Waals surface area contributed by atoms with E-state index < -0.39 is 0 Å². The zero-order valence-corrected chi connectivity index (χ0v) is 13.8. The number of rotatable bonds is 6. The summed E-state index contributed by atoms with van der Waals surface area (Å²) in [6.45, 7) is 9.19. The van der Waals surface area contributed by atoms with Crippen LogP contribution in [0.1, 0.15) is 65.1 Å². The Morgan fingerprint density at radius 2 is 2.05 bits per heavy atom. The summed E-state index contributed by atoms with van der Waals surface area (Å²) in [4.78, 5) is 4.59. The third-order valence-corrected chi connectivity index (χ3v) is 4.64. The summed E-state index contributed by atoms with van der Waals surface area (Å²) in [6.07, 6.45) is 4.86. The molecule has 1 aromatic rings. The molecule has 1 aliphatic carbocycles. The Hall–Kier alpha value is -0.940. The van der Waals surface area contributed by atoms with Crippen molar-refractivity contribution in [2.45, 2.75) is 71.4 Å². The van der Waals surface area contributed by atoms with Gasteiger partial charge in [-0.25, -0.2) is 0 Å². The van der Waals surface area contributed by atoms with Crippen LogP contribution in [0, 0.1) is 11.8 Å². The van der Waals surface area contributed by atoms with Gasteiger partial charge in [0.25, 0.3) is 0 Å². The van der Waals surface area contributed by atoms with Crippen LogP contribution in [0.25, 0.3) is 0 Å². The molecule has 0 bridgehead atoms. The highest BCUT2D eigenvalue weighted by Gasteiger charge is 2.40. The van der Waals surface area contributed by atoms with Gasteiger partial charge in [-0.1, -0.05) is 25.9 Å². The fourth-order valence-electron chi connectivity index (χ4n) is 2.90. The molecule has 0 spiro atoms. The van der Waals surface area contributed by atoms with Gasteiger partial charge in [-0.05, 0) is 44.4 Å². The van der Waals surface area contributed by atoms with Gasteiger partial charge in [0.15, 0.2) is 0 Å². The second-order valence-corrected chi connectivity index (χ2v) is 6.73. The van der Waals surface area contributed by atoms with Crippen molar-refractivity contribution in [2.24, 2.45) is 17.6 Å². The minimum Gasteiger partial charge on any atom is -0.367 e. The molecule has 0 aromatic carbocycles. The van der Waals surface area contributed by atoms with Gasteiger partial charge in [0.2, 0.25) is 11.7 Å². The molecule has 21 heavy (non-hydrogen) atoms. The first-order chi connectivity index (χ1) is 9.97. The van der Waals surface area contributed by atoms with E-state index in [4.69, 9.17) is 15.0 Å². The molecule has 2 N–H and O–H groups in total. The van der Waals surface area contributed by atoms with Crippen molar-refractivity contribution in [1.29, 1.82) is 0 Å². The second-order valence-electron chi connectivity index (χ2n) is 6.73. The van der Waals surface area contributed by atoms with Crippen molar-refractivity contribution in [3.8, 4) is 0 Å². The lowest BCUT2D eigenvalue weighted by Gasteiger charge is -2.36. The topological polar surface area (TPSA) is 74.2 Å². The molecule has 5 heteroatoms. The zero-order valence-electron chi connectivity index (χ0n) is 13.8. The van der Waals surface area contributed by atoms with Crippen LogP contribution < -0.4 is 5.73 Å². The molecule has 1 saturated carbocycles. The van der Waals surface area contributed by atoms with Gasteiger partial charge >= 0.3 is 0 Å². The minimum absolute atomic E-state index is 0.0488. The molecule has 0 radical (unpaired) electrons. The predicted octanol–water partition coefficient (Wildman–Crippen LogP) is 3.04. The van der Waals surface area contributed by atoms with Gasteiger partial charge in [0.1, 0.15) is 5.60 Å². The maximum Gasteiger partial charge on any atom is 0.228 e. The van der Waals surface area contributed by atoms with Gasteiger partial charge < -0.3 is 15.0 Å². The van der Waals surface area contributed by atoms with E-state index in [2.05, 4.69) is 30.9 Å². The summed E-state index contributed by atoms with van der Waals surface area (Å²) in [5.74, 6) is 2.49. The number of hydrogen-bond acceptors (Lipinski definition) is 5. The molecule has 1 aromatic heterocycles. The molecule has 0 aliphatic heterocycles. The van der Waals surface area contributed by atoms with E-state index in [-0.39, 0.29) is 11.6 Å². The second kappa shape index (κ2) is 6.88. The van der Waals surface area contributed by atoms with Crippen molar-refractivity contribution in [3.63, 3.8) is 0 Å². The fourth-order valence-corrected chi connectivity index (χ4v) is 2.90. The number of hydrogen-bond donors (Lipinski definition) is 1. The molecule has 120 valence electrons. The van der Waals surface area contributed by atoms with Crippen LogP contribution in [-0.2, 0) is 16.8 Å². The van der Waals surface area contributed by atoms with E-state index in [1.807, 2.05) is 6.92 Å². The van der Waals surface area contributed by atoms with Crippen molar-refractivity contribution in [1.82, 2.24) is 10.1 Å². The smallest absolute Gasteiger partial charge is 0.228 e. The zero-order chi connectivity index (χ0) is 15.5. The number of nitrogens with two attached hydrogens (primary N) is 1. The number of ether oxygens (including phenoxy) is 1. The molecular formula is C16H29N3O2. The third-order valence-electron chi connectivity index (χ3n) is 4.64.